The van der Waals surface area contributed by atoms with E-state index >= 15 is 0 Å². The number of ether oxygens (including phenoxy) is 1. The van der Waals surface area contributed by atoms with Gasteiger partial charge in [-0.25, -0.2) is 0 Å². The molecule has 116 valence electrons. The number of piperidine rings is 2. The van der Waals surface area contributed by atoms with Gasteiger partial charge in [-0.05, 0) is 43.7 Å². The zero-order valence-corrected chi connectivity index (χ0v) is 13.2. The first-order valence-electron chi connectivity index (χ1n) is 7.70. The van der Waals surface area contributed by atoms with Gasteiger partial charge in [-0.3, -0.25) is 0 Å². The van der Waals surface area contributed by atoms with Gasteiger partial charge in [-0.15, -0.1) is 0 Å². The summed E-state index contributed by atoms with van der Waals surface area (Å²) >= 11 is 6.10. The van der Waals surface area contributed by atoms with E-state index in [9.17, 15) is 0 Å². The Hall–Kier alpha value is -1.14. The number of hydrogen-bond acceptors (Lipinski definition) is 6. The number of methoxy groups -OCH3 is 1. The van der Waals surface area contributed by atoms with Gasteiger partial charge in [0.25, 0.3) is 0 Å². The van der Waals surface area contributed by atoms with Crippen molar-refractivity contribution in [2.75, 3.05) is 43.1 Å². The molecule has 2 aliphatic heterocycles. The van der Waals surface area contributed by atoms with E-state index < -0.39 is 0 Å². The zero-order valence-electron chi connectivity index (χ0n) is 12.5. The molecular weight excluding hydrogens is 290 g/mol. The average Bonchev–Trinajstić information content (AvgIpc) is 2.55. The molecule has 0 saturated carbocycles. The van der Waals surface area contributed by atoms with Crippen LogP contribution in [0.15, 0.2) is 0 Å². The molecule has 21 heavy (non-hydrogen) atoms. The molecule has 0 amide bonds. The summed E-state index contributed by atoms with van der Waals surface area (Å²) in [5, 5.41) is 0.287. The Morgan fingerprint density at radius 2 is 1.48 bits per heavy atom. The lowest BCUT2D eigenvalue weighted by molar-refractivity contribution is 0.0816. The van der Waals surface area contributed by atoms with E-state index in [1.54, 1.807) is 7.11 Å². The van der Waals surface area contributed by atoms with Crippen molar-refractivity contribution in [3.63, 3.8) is 0 Å². The minimum absolute atomic E-state index is 0.287. The van der Waals surface area contributed by atoms with Crippen LogP contribution in [0.3, 0.4) is 0 Å². The van der Waals surface area contributed by atoms with Crippen molar-refractivity contribution in [1.29, 1.82) is 0 Å². The third kappa shape index (κ3) is 3.55. The highest BCUT2D eigenvalue weighted by molar-refractivity contribution is 6.28. The molecule has 7 heteroatoms. The van der Waals surface area contributed by atoms with Crippen molar-refractivity contribution in [2.45, 2.75) is 38.2 Å². The van der Waals surface area contributed by atoms with Crippen molar-refractivity contribution in [3.05, 3.63) is 5.28 Å². The summed E-state index contributed by atoms with van der Waals surface area (Å²) in [6.07, 6.45) is 6.01. The van der Waals surface area contributed by atoms with Crippen LogP contribution in [0, 0.1) is 0 Å². The van der Waals surface area contributed by atoms with E-state index in [4.69, 9.17) is 16.3 Å². The van der Waals surface area contributed by atoms with Crippen LogP contribution < -0.4 is 9.80 Å². The van der Waals surface area contributed by atoms with Crippen LogP contribution in [-0.2, 0) is 4.74 Å². The van der Waals surface area contributed by atoms with Gasteiger partial charge in [0.15, 0.2) is 0 Å². The minimum Gasteiger partial charge on any atom is -0.381 e. The van der Waals surface area contributed by atoms with Gasteiger partial charge in [-0.1, -0.05) is 0 Å². The quantitative estimate of drug-likeness (QED) is 0.852. The molecule has 2 fully saturated rings. The molecule has 0 aromatic carbocycles. The third-order valence-corrected chi connectivity index (χ3v) is 4.45. The molecule has 0 unspecified atom stereocenters. The first kappa shape index (κ1) is 14.8. The summed E-state index contributed by atoms with van der Waals surface area (Å²) in [7, 11) is 1.77. The fraction of sp³-hybridized carbons (Fsp3) is 0.786. The second-order valence-electron chi connectivity index (χ2n) is 5.67. The molecule has 1 aromatic heterocycles. The molecule has 2 aliphatic rings. The van der Waals surface area contributed by atoms with Crippen LogP contribution in [0.4, 0.5) is 11.9 Å². The fourth-order valence-corrected chi connectivity index (χ4v) is 3.15. The van der Waals surface area contributed by atoms with Crippen molar-refractivity contribution < 1.29 is 4.74 Å². The lowest BCUT2D eigenvalue weighted by Crippen LogP contribution is -2.38. The summed E-state index contributed by atoms with van der Waals surface area (Å²) in [5.41, 5.74) is 0. The monoisotopic (exact) mass is 311 g/mol. The topological polar surface area (TPSA) is 54.4 Å². The van der Waals surface area contributed by atoms with Gasteiger partial charge in [0.05, 0.1) is 6.10 Å². The Balaban J connectivity index is 1.74. The van der Waals surface area contributed by atoms with Gasteiger partial charge >= 0.3 is 0 Å². The zero-order chi connectivity index (χ0) is 14.7. The predicted molar refractivity (Wildman–Crippen MR) is 83.1 cm³/mol. The summed E-state index contributed by atoms with van der Waals surface area (Å²) < 4.78 is 5.40. The largest absolute Gasteiger partial charge is 0.381 e. The molecule has 0 aliphatic carbocycles. The molecule has 2 saturated heterocycles. The summed E-state index contributed by atoms with van der Waals surface area (Å²) in [6, 6.07) is 0. The lowest BCUT2D eigenvalue weighted by Gasteiger charge is -2.32. The number of anilines is 2. The van der Waals surface area contributed by atoms with Crippen LogP contribution in [0.5, 0.6) is 0 Å². The Morgan fingerprint density at radius 3 is 2.05 bits per heavy atom. The first-order valence-corrected chi connectivity index (χ1v) is 8.08. The number of rotatable bonds is 3. The molecule has 6 nitrogen and oxygen atoms in total. The summed E-state index contributed by atoms with van der Waals surface area (Å²) in [6.45, 7) is 3.81. The SMILES string of the molecule is COC1CCN(c2nc(Cl)nc(N3CCCCC3)n2)CC1. The molecule has 3 rings (SSSR count). The third-order valence-electron chi connectivity index (χ3n) is 4.28. The van der Waals surface area contributed by atoms with Crippen molar-refractivity contribution in [2.24, 2.45) is 0 Å². The fourth-order valence-electron chi connectivity index (χ4n) is 3.00. The first-order chi connectivity index (χ1) is 10.3. The van der Waals surface area contributed by atoms with Crippen LogP contribution in [0.25, 0.3) is 0 Å². The molecule has 0 N–H and O–H groups in total. The van der Waals surface area contributed by atoms with E-state index in [1.165, 1.54) is 19.3 Å². The van der Waals surface area contributed by atoms with Crippen molar-refractivity contribution in [3.8, 4) is 0 Å². The van der Waals surface area contributed by atoms with Crippen LogP contribution >= 0.6 is 11.6 Å². The Labute approximate surface area is 130 Å². The van der Waals surface area contributed by atoms with Crippen molar-refractivity contribution in [1.82, 2.24) is 15.0 Å². The second kappa shape index (κ2) is 6.75. The van der Waals surface area contributed by atoms with Crippen LogP contribution in [-0.4, -0.2) is 54.3 Å². The Morgan fingerprint density at radius 1 is 0.905 bits per heavy atom. The molecule has 0 bridgehead atoms. The highest BCUT2D eigenvalue weighted by Crippen LogP contribution is 2.23. The smallest absolute Gasteiger partial charge is 0.231 e. The molecule has 0 spiro atoms. The van der Waals surface area contributed by atoms with Gasteiger partial charge in [0, 0.05) is 33.3 Å². The lowest BCUT2D eigenvalue weighted by atomic mass is 10.1. The number of aromatic nitrogens is 3. The van der Waals surface area contributed by atoms with Gasteiger partial charge in [0.1, 0.15) is 0 Å². The molecule has 3 heterocycles. The minimum atomic E-state index is 0.287. The molecule has 0 radical (unpaired) electrons. The standard InChI is InChI=1S/C14H22ClN5O/c1-21-11-5-9-20(10-6-11)14-17-12(15)16-13(18-14)19-7-3-2-4-8-19/h11H,2-10H2,1H3. The Bertz CT molecular complexity index is 472. The number of nitrogens with zero attached hydrogens (tertiary/aromatic N) is 5. The van der Waals surface area contributed by atoms with Gasteiger partial charge in [0.2, 0.25) is 17.2 Å². The van der Waals surface area contributed by atoms with Gasteiger partial charge < -0.3 is 14.5 Å². The summed E-state index contributed by atoms with van der Waals surface area (Å²) in [4.78, 5) is 17.6. The van der Waals surface area contributed by atoms with E-state index in [0.29, 0.717) is 12.1 Å². The summed E-state index contributed by atoms with van der Waals surface area (Å²) in [5.74, 6) is 1.42. The molecular formula is C14H22ClN5O. The van der Waals surface area contributed by atoms with Crippen LogP contribution in [0.2, 0.25) is 5.28 Å². The average molecular weight is 312 g/mol. The predicted octanol–water partition coefficient (Wildman–Crippen LogP) is 2.13. The van der Waals surface area contributed by atoms with E-state index in [-0.39, 0.29) is 5.28 Å². The molecule has 0 atom stereocenters. The van der Waals surface area contributed by atoms with E-state index in [0.717, 1.165) is 45.0 Å². The second-order valence-corrected chi connectivity index (χ2v) is 6.01. The highest BCUT2D eigenvalue weighted by Gasteiger charge is 2.23. The maximum Gasteiger partial charge on any atom is 0.231 e. The van der Waals surface area contributed by atoms with E-state index in [1.807, 2.05) is 0 Å². The number of halogens is 1. The van der Waals surface area contributed by atoms with Gasteiger partial charge in [-0.2, -0.15) is 15.0 Å². The van der Waals surface area contributed by atoms with Crippen LogP contribution in [0.1, 0.15) is 32.1 Å². The number of hydrogen-bond donors (Lipinski definition) is 0. The highest BCUT2D eigenvalue weighted by atomic mass is 35.5. The normalized spacial score (nSPS) is 20.9. The van der Waals surface area contributed by atoms with E-state index in [2.05, 4.69) is 24.8 Å². The maximum atomic E-state index is 6.10. The maximum absolute atomic E-state index is 6.10. The Kier molecular flexibility index (Phi) is 4.75. The molecule has 1 aromatic rings. The van der Waals surface area contributed by atoms with Crippen molar-refractivity contribution >= 4 is 23.5 Å².